The van der Waals surface area contributed by atoms with E-state index in [4.69, 9.17) is 4.74 Å². The topological polar surface area (TPSA) is 66.8 Å². The van der Waals surface area contributed by atoms with E-state index in [1.54, 1.807) is 27.7 Å². The van der Waals surface area contributed by atoms with Crippen LogP contribution in [0.1, 0.15) is 53.4 Å². The number of likely N-dealkylation sites (tertiary alicyclic amines) is 1. The van der Waals surface area contributed by atoms with Crippen LogP contribution in [0.5, 0.6) is 0 Å². The summed E-state index contributed by atoms with van der Waals surface area (Å²) in [6, 6.07) is 0. The van der Waals surface area contributed by atoms with E-state index in [1.807, 2.05) is 0 Å². The fraction of sp³-hybridized carbons (Fsp3) is 0.846. The zero-order valence-corrected chi connectivity index (χ0v) is 11.7. The summed E-state index contributed by atoms with van der Waals surface area (Å²) in [5.41, 5.74) is -1.76. The Labute approximate surface area is 108 Å². The van der Waals surface area contributed by atoms with Crippen molar-refractivity contribution in [3.63, 3.8) is 0 Å². The second-order valence-electron chi connectivity index (χ2n) is 6.02. The first-order chi connectivity index (χ1) is 8.17. The molecule has 1 atom stereocenters. The molecule has 0 spiro atoms. The predicted octanol–water partition coefficient (Wildman–Crippen LogP) is 2.64. The molecule has 0 aromatic rings. The third-order valence-electron chi connectivity index (χ3n) is 3.22. The molecule has 0 aliphatic carbocycles. The average molecular weight is 257 g/mol. The van der Waals surface area contributed by atoms with Crippen LogP contribution in [0.3, 0.4) is 0 Å². The number of ether oxygens (including phenoxy) is 1. The lowest BCUT2D eigenvalue weighted by Crippen LogP contribution is -2.55. The number of rotatable bonds is 1. The van der Waals surface area contributed by atoms with Crippen molar-refractivity contribution in [1.82, 2.24) is 4.90 Å². The average Bonchev–Trinajstić information content (AvgIpc) is 2.38. The Morgan fingerprint density at radius 1 is 1.22 bits per heavy atom. The van der Waals surface area contributed by atoms with Gasteiger partial charge in [-0.1, -0.05) is 12.8 Å². The fourth-order valence-electron chi connectivity index (χ4n) is 2.13. The highest BCUT2D eigenvalue weighted by atomic mass is 16.6. The maximum Gasteiger partial charge on any atom is 0.411 e. The van der Waals surface area contributed by atoms with Crippen LogP contribution in [-0.2, 0) is 9.53 Å². The van der Waals surface area contributed by atoms with Gasteiger partial charge in [-0.3, -0.25) is 4.90 Å². The summed E-state index contributed by atoms with van der Waals surface area (Å²) in [5.74, 6) is -0.963. The lowest BCUT2D eigenvalue weighted by Gasteiger charge is -2.37. The summed E-state index contributed by atoms with van der Waals surface area (Å²) in [6.07, 6.45) is 2.53. The number of carbonyl (C=O) groups excluding carboxylic acids is 1. The second kappa shape index (κ2) is 5.16. The van der Waals surface area contributed by atoms with E-state index in [1.165, 1.54) is 4.90 Å². The monoisotopic (exact) mass is 257 g/mol. The molecule has 1 N–H and O–H groups in total. The highest BCUT2D eigenvalue weighted by Gasteiger charge is 2.44. The van der Waals surface area contributed by atoms with E-state index in [9.17, 15) is 14.7 Å². The first-order valence-corrected chi connectivity index (χ1v) is 6.41. The van der Waals surface area contributed by atoms with Gasteiger partial charge >= 0.3 is 12.1 Å². The van der Waals surface area contributed by atoms with Crippen LogP contribution in [0.2, 0.25) is 0 Å². The minimum atomic E-state index is -1.15. The van der Waals surface area contributed by atoms with Crippen LogP contribution < -0.4 is 0 Å². The van der Waals surface area contributed by atoms with Gasteiger partial charge in [0.15, 0.2) is 0 Å². The molecule has 0 aromatic carbocycles. The van der Waals surface area contributed by atoms with Gasteiger partial charge in [0.05, 0.1) is 0 Å². The Balaban J connectivity index is 2.93. The van der Waals surface area contributed by atoms with Crippen molar-refractivity contribution in [2.24, 2.45) is 0 Å². The number of nitrogens with zero attached hydrogens (tertiary/aromatic N) is 1. The Morgan fingerprint density at radius 2 is 1.83 bits per heavy atom. The molecule has 1 rings (SSSR count). The van der Waals surface area contributed by atoms with E-state index in [-0.39, 0.29) is 0 Å². The molecule has 1 aliphatic rings. The van der Waals surface area contributed by atoms with Gasteiger partial charge in [-0.2, -0.15) is 0 Å². The largest absolute Gasteiger partial charge is 0.480 e. The van der Waals surface area contributed by atoms with Gasteiger partial charge in [0.1, 0.15) is 11.1 Å². The standard InChI is InChI=1S/C13H23NO4/c1-12(2,3)18-11(17)14-9-7-5-6-8-13(14,4)10(15)16/h5-9H2,1-4H3,(H,15,16)/t13-/m1/s1. The second-order valence-corrected chi connectivity index (χ2v) is 6.02. The number of aliphatic carboxylic acids is 1. The molecular weight excluding hydrogens is 234 g/mol. The van der Waals surface area contributed by atoms with Crippen LogP contribution in [0.25, 0.3) is 0 Å². The maximum absolute atomic E-state index is 12.1. The smallest absolute Gasteiger partial charge is 0.411 e. The molecule has 1 saturated heterocycles. The Morgan fingerprint density at radius 3 is 2.33 bits per heavy atom. The van der Waals surface area contributed by atoms with Gasteiger partial charge < -0.3 is 9.84 Å². The first kappa shape index (κ1) is 14.8. The summed E-state index contributed by atoms with van der Waals surface area (Å²) >= 11 is 0. The predicted molar refractivity (Wildman–Crippen MR) is 67.4 cm³/mol. The van der Waals surface area contributed by atoms with E-state index in [2.05, 4.69) is 0 Å². The molecule has 1 fully saturated rings. The number of carboxylic acid groups (broad SMARTS) is 1. The third kappa shape index (κ3) is 3.37. The number of hydrogen-bond acceptors (Lipinski definition) is 3. The van der Waals surface area contributed by atoms with Gasteiger partial charge in [-0.05, 0) is 40.5 Å². The normalized spacial score (nSPS) is 25.4. The Kier molecular flexibility index (Phi) is 4.24. The molecule has 1 amide bonds. The molecule has 1 heterocycles. The highest BCUT2D eigenvalue weighted by molar-refractivity contribution is 5.84. The summed E-state index contributed by atoms with van der Waals surface area (Å²) in [7, 11) is 0. The van der Waals surface area contributed by atoms with Gasteiger partial charge in [-0.25, -0.2) is 9.59 Å². The minimum absolute atomic E-state index is 0.442. The van der Waals surface area contributed by atoms with Crippen molar-refractivity contribution in [2.45, 2.75) is 64.5 Å². The molecule has 1 aliphatic heterocycles. The van der Waals surface area contributed by atoms with Crippen LogP contribution in [0.4, 0.5) is 4.79 Å². The van der Waals surface area contributed by atoms with Crippen molar-refractivity contribution in [2.75, 3.05) is 6.54 Å². The first-order valence-electron chi connectivity index (χ1n) is 6.41. The van der Waals surface area contributed by atoms with Crippen LogP contribution >= 0.6 is 0 Å². The van der Waals surface area contributed by atoms with E-state index >= 15 is 0 Å². The summed E-state index contributed by atoms with van der Waals surface area (Å²) < 4.78 is 5.30. The van der Waals surface area contributed by atoms with E-state index in [0.717, 1.165) is 19.3 Å². The number of carboxylic acids is 1. The van der Waals surface area contributed by atoms with Gasteiger partial charge in [-0.15, -0.1) is 0 Å². The lowest BCUT2D eigenvalue weighted by atomic mass is 9.95. The SMILES string of the molecule is CC(C)(C)OC(=O)N1CCCCC[C@]1(C)C(=O)O. The molecule has 0 aromatic heterocycles. The van der Waals surface area contributed by atoms with Crippen molar-refractivity contribution in [3.05, 3.63) is 0 Å². The summed E-state index contributed by atoms with van der Waals surface area (Å²) in [6.45, 7) is 7.38. The summed E-state index contributed by atoms with van der Waals surface area (Å²) in [4.78, 5) is 25.0. The van der Waals surface area contributed by atoms with Crippen LogP contribution in [0, 0.1) is 0 Å². The molecule has 104 valence electrons. The van der Waals surface area contributed by atoms with Gasteiger partial charge in [0.25, 0.3) is 0 Å². The van der Waals surface area contributed by atoms with E-state index in [0.29, 0.717) is 13.0 Å². The molecule has 5 nitrogen and oxygen atoms in total. The lowest BCUT2D eigenvalue weighted by molar-refractivity contribution is -0.150. The summed E-state index contributed by atoms with van der Waals surface area (Å²) in [5, 5.41) is 9.39. The number of hydrogen-bond donors (Lipinski definition) is 1. The van der Waals surface area contributed by atoms with Crippen LogP contribution in [0.15, 0.2) is 0 Å². The molecule has 0 radical (unpaired) electrons. The third-order valence-corrected chi connectivity index (χ3v) is 3.22. The Bertz CT molecular complexity index is 334. The Hall–Kier alpha value is -1.26. The number of amides is 1. The van der Waals surface area contributed by atoms with Gasteiger partial charge in [0, 0.05) is 6.54 Å². The molecule has 0 bridgehead atoms. The fourth-order valence-corrected chi connectivity index (χ4v) is 2.13. The van der Waals surface area contributed by atoms with Crippen LogP contribution in [-0.4, -0.2) is 39.8 Å². The minimum Gasteiger partial charge on any atom is -0.480 e. The molecule has 18 heavy (non-hydrogen) atoms. The molecule has 5 heteroatoms. The van der Waals surface area contributed by atoms with Crippen molar-refractivity contribution >= 4 is 12.1 Å². The van der Waals surface area contributed by atoms with E-state index < -0.39 is 23.2 Å². The molecule has 0 saturated carbocycles. The quantitative estimate of drug-likeness (QED) is 0.784. The van der Waals surface area contributed by atoms with Crippen molar-refractivity contribution in [3.8, 4) is 0 Å². The van der Waals surface area contributed by atoms with Gasteiger partial charge in [0.2, 0.25) is 0 Å². The zero-order valence-electron chi connectivity index (χ0n) is 11.7. The highest BCUT2D eigenvalue weighted by Crippen LogP contribution is 2.29. The molecule has 0 unspecified atom stereocenters. The molecular formula is C13H23NO4. The zero-order chi connectivity index (χ0) is 14.0. The number of carbonyl (C=O) groups is 2. The van der Waals surface area contributed by atoms with Crippen molar-refractivity contribution in [1.29, 1.82) is 0 Å². The van der Waals surface area contributed by atoms with Crippen molar-refractivity contribution < 1.29 is 19.4 Å². The maximum atomic E-state index is 12.1.